The zero-order valence-electron chi connectivity index (χ0n) is 8.93. The number of benzene rings is 1. The molecule has 0 aromatic heterocycles. The Morgan fingerprint density at radius 1 is 0.944 bits per heavy atom. The summed E-state index contributed by atoms with van der Waals surface area (Å²) >= 11 is 0.695. The van der Waals surface area contributed by atoms with Gasteiger partial charge in [0.2, 0.25) is 0 Å². The number of thioether (sulfide) groups is 1. The van der Waals surface area contributed by atoms with Gasteiger partial charge in [-0.15, -0.1) is 11.8 Å². The van der Waals surface area contributed by atoms with Gasteiger partial charge in [-0.3, -0.25) is 0 Å². The molecule has 0 amide bonds. The molecule has 1 N–H and O–H groups in total. The number of aliphatic hydroxyl groups is 1. The monoisotopic (exact) mass is 290 g/mol. The zero-order chi connectivity index (χ0) is 14.2. The highest BCUT2D eigenvalue weighted by molar-refractivity contribution is 7.98. The first kappa shape index (κ1) is 15.2. The smallest absolute Gasteiger partial charge is 0.369 e. The number of hydrogen-bond acceptors (Lipinski definition) is 2. The molecule has 0 unspecified atom stereocenters. The summed E-state index contributed by atoms with van der Waals surface area (Å²) in [6, 6.07) is 4.01. The van der Waals surface area contributed by atoms with Crippen molar-refractivity contribution in [2.75, 3.05) is 6.26 Å². The van der Waals surface area contributed by atoms with E-state index in [9.17, 15) is 31.4 Å². The standard InChI is InChI=1S/C10H8F6OS/c1-18-7-5-3-2-4-6(7)8(17,9(11,12)13)10(14,15)16/h2-5,17H,1H3. The third kappa shape index (κ3) is 2.31. The van der Waals surface area contributed by atoms with E-state index >= 15 is 0 Å². The van der Waals surface area contributed by atoms with Crippen molar-refractivity contribution in [3.05, 3.63) is 29.8 Å². The Morgan fingerprint density at radius 2 is 1.39 bits per heavy atom. The van der Waals surface area contributed by atoms with Crippen molar-refractivity contribution in [1.82, 2.24) is 0 Å². The molecule has 0 aliphatic heterocycles. The summed E-state index contributed by atoms with van der Waals surface area (Å²) in [5.41, 5.74) is -6.07. The van der Waals surface area contributed by atoms with Crippen LogP contribution >= 0.6 is 11.8 Å². The minimum Gasteiger partial charge on any atom is -0.369 e. The maximum Gasteiger partial charge on any atom is 0.430 e. The van der Waals surface area contributed by atoms with Gasteiger partial charge in [-0.05, 0) is 12.3 Å². The Morgan fingerprint density at radius 3 is 1.78 bits per heavy atom. The highest BCUT2D eigenvalue weighted by Crippen LogP contribution is 2.51. The van der Waals surface area contributed by atoms with Gasteiger partial charge in [-0.2, -0.15) is 26.3 Å². The molecule has 0 radical (unpaired) electrons. The summed E-state index contributed by atoms with van der Waals surface area (Å²) in [5, 5.41) is 9.20. The van der Waals surface area contributed by atoms with Gasteiger partial charge in [0.15, 0.2) is 0 Å². The number of alkyl halides is 6. The lowest BCUT2D eigenvalue weighted by Crippen LogP contribution is -2.54. The molecule has 0 fully saturated rings. The average Bonchev–Trinajstić information content (AvgIpc) is 2.24. The first-order valence-electron chi connectivity index (χ1n) is 4.55. The van der Waals surface area contributed by atoms with Crippen LogP contribution in [0.4, 0.5) is 26.3 Å². The van der Waals surface area contributed by atoms with E-state index in [1.54, 1.807) is 0 Å². The first-order valence-corrected chi connectivity index (χ1v) is 5.77. The van der Waals surface area contributed by atoms with E-state index in [1.165, 1.54) is 12.3 Å². The van der Waals surface area contributed by atoms with E-state index in [-0.39, 0.29) is 4.90 Å². The summed E-state index contributed by atoms with van der Waals surface area (Å²) in [5.74, 6) is 0. The zero-order valence-corrected chi connectivity index (χ0v) is 9.75. The van der Waals surface area contributed by atoms with E-state index in [0.717, 1.165) is 12.1 Å². The van der Waals surface area contributed by atoms with Crippen molar-refractivity contribution in [1.29, 1.82) is 0 Å². The van der Waals surface area contributed by atoms with E-state index < -0.39 is 23.5 Å². The topological polar surface area (TPSA) is 20.2 Å². The van der Waals surface area contributed by atoms with Crippen molar-refractivity contribution < 1.29 is 31.4 Å². The Hall–Kier alpha value is -0.890. The molecule has 0 aliphatic carbocycles. The second kappa shape index (κ2) is 4.65. The van der Waals surface area contributed by atoms with Crippen LogP contribution in [-0.4, -0.2) is 23.7 Å². The summed E-state index contributed by atoms with van der Waals surface area (Å²) < 4.78 is 75.7. The van der Waals surface area contributed by atoms with Crippen molar-refractivity contribution in [2.24, 2.45) is 0 Å². The number of hydrogen-bond donors (Lipinski definition) is 1. The van der Waals surface area contributed by atoms with Crippen LogP contribution in [0.25, 0.3) is 0 Å². The highest BCUT2D eigenvalue weighted by Gasteiger charge is 2.71. The fraction of sp³-hybridized carbons (Fsp3) is 0.400. The third-order valence-corrected chi connectivity index (χ3v) is 3.11. The van der Waals surface area contributed by atoms with E-state index in [0.29, 0.717) is 17.8 Å². The van der Waals surface area contributed by atoms with Crippen LogP contribution in [-0.2, 0) is 5.60 Å². The van der Waals surface area contributed by atoms with Crippen molar-refractivity contribution in [3.63, 3.8) is 0 Å². The Kier molecular flexibility index (Phi) is 3.92. The predicted octanol–water partition coefficient (Wildman–Crippen LogP) is 3.72. The fourth-order valence-corrected chi connectivity index (χ4v) is 2.06. The van der Waals surface area contributed by atoms with Crippen molar-refractivity contribution in [2.45, 2.75) is 22.8 Å². The second-order valence-electron chi connectivity index (χ2n) is 3.41. The van der Waals surface area contributed by atoms with Gasteiger partial charge in [-0.25, -0.2) is 0 Å². The molecule has 18 heavy (non-hydrogen) atoms. The van der Waals surface area contributed by atoms with Crippen LogP contribution in [0.1, 0.15) is 5.56 Å². The van der Waals surface area contributed by atoms with Crippen LogP contribution in [0.3, 0.4) is 0 Å². The Bertz CT molecular complexity index is 411. The summed E-state index contributed by atoms with van der Waals surface area (Å²) in [6.07, 6.45) is -10.4. The van der Waals surface area contributed by atoms with Gasteiger partial charge in [0.05, 0.1) is 0 Å². The van der Waals surface area contributed by atoms with Gasteiger partial charge >= 0.3 is 12.4 Å². The Balaban J connectivity index is 3.56. The molecule has 0 heterocycles. The van der Waals surface area contributed by atoms with Gasteiger partial charge in [0.1, 0.15) is 0 Å². The number of rotatable bonds is 2. The van der Waals surface area contributed by atoms with Gasteiger partial charge in [0, 0.05) is 10.5 Å². The molecule has 102 valence electrons. The largest absolute Gasteiger partial charge is 0.430 e. The second-order valence-corrected chi connectivity index (χ2v) is 4.25. The normalized spacial score (nSPS) is 13.8. The van der Waals surface area contributed by atoms with Crippen molar-refractivity contribution in [3.8, 4) is 0 Å². The molecule has 0 aliphatic rings. The maximum atomic E-state index is 12.6. The molecule has 0 atom stereocenters. The first-order chi connectivity index (χ1) is 8.05. The van der Waals surface area contributed by atoms with Crippen molar-refractivity contribution >= 4 is 11.8 Å². The molecular formula is C10H8F6OS. The molecule has 0 spiro atoms. The van der Waals surface area contributed by atoms with Crippen LogP contribution in [0.2, 0.25) is 0 Å². The van der Waals surface area contributed by atoms with Gasteiger partial charge in [-0.1, -0.05) is 18.2 Å². The molecule has 1 rings (SSSR count). The molecule has 1 aromatic rings. The van der Waals surface area contributed by atoms with Crippen LogP contribution in [0, 0.1) is 0 Å². The van der Waals surface area contributed by atoms with Crippen LogP contribution in [0.15, 0.2) is 29.2 Å². The van der Waals surface area contributed by atoms with Gasteiger partial charge < -0.3 is 5.11 Å². The van der Waals surface area contributed by atoms with E-state index in [1.807, 2.05) is 0 Å². The maximum absolute atomic E-state index is 12.6. The molecular weight excluding hydrogens is 282 g/mol. The Labute approximate surface area is 103 Å². The lowest BCUT2D eigenvalue weighted by Gasteiger charge is -2.33. The van der Waals surface area contributed by atoms with E-state index in [4.69, 9.17) is 0 Å². The van der Waals surface area contributed by atoms with Crippen LogP contribution in [0.5, 0.6) is 0 Å². The molecule has 1 nitrogen and oxygen atoms in total. The molecule has 0 bridgehead atoms. The summed E-state index contributed by atoms with van der Waals surface area (Å²) in [7, 11) is 0. The number of halogens is 6. The van der Waals surface area contributed by atoms with Crippen LogP contribution < -0.4 is 0 Å². The quantitative estimate of drug-likeness (QED) is 0.661. The SMILES string of the molecule is CSc1ccccc1C(O)(C(F)(F)F)C(F)(F)F. The van der Waals surface area contributed by atoms with E-state index in [2.05, 4.69) is 0 Å². The molecule has 8 heteroatoms. The lowest BCUT2D eigenvalue weighted by molar-refractivity contribution is -0.377. The molecule has 0 saturated carbocycles. The lowest BCUT2D eigenvalue weighted by atomic mass is 9.92. The molecule has 1 aromatic carbocycles. The fourth-order valence-electron chi connectivity index (χ4n) is 1.41. The summed E-state index contributed by atoms with van der Waals surface area (Å²) in [6.45, 7) is 0. The van der Waals surface area contributed by atoms with Gasteiger partial charge in [0.25, 0.3) is 5.60 Å². The minimum atomic E-state index is -5.85. The highest BCUT2D eigenvalue weighted by atomic mass is 32.2. The molecule has 0 saturated heterocycles. The minimum absolute atomic E-state index is 0.283. The third-order valence-electron chi connectivity index (χ3n) is 2.32. The average molecular weight is 290 g/mol. The summed E-state index contributed by atoms with van der Waals surface area (Å²) in [4.78, 5) is -0.283. The predicted molar refractivity (Wildman–Crippen MR) is 54.2 cm³/mol.